The Bertz CT molecular complexity index is 813. The van der Waals surface area contributed by atoms with E-state index in [1.807, 2.05) is 0 Å². The van der Waals surface area contributed by atoms with Crippen molar-refractivity contribution in [2.75, 3.05) is 13.1 Å². The molecule has 1 aromatic carbocycles. The summed E-state index contributed by atoms with van der Waals surface area (Å²) < 4.78 is 5.22. The van der Waals surface area contributed by atoms with Gasteiger partial charge in [0.1, 0.15) is 0 Å². The highest BCUT2D eigenvalue weighted by atomic mass is 16.3. The van der Waals surface area contributed by atoms with E-state index < -0.39 is 5.41 Å². The van der Waals surface area contributed by atoms with Gasteiger partial charge >= 0.3 is 0 Å². The number of imide groups is 1. The highest BCUT2D eigenvalue weighted by Gasteiger charge is 2.51. The van der Waals surface area contributed by atoms with Gasteiger partial charge in [-0.15, -0.1) is 0 Å². The van der Waals surface area contributed by atoms with Crippen molar-refractivity contribution < 1.29 is 18.8 Å². The Morgan fingerprint density at radius 3 is 2.67 bits per heavy atom. The average Bonchev–Trinajstić information content (AvgIpc) is 3.29. The summed E-state index contributed by atoms with van der Waals surface area (Å²) in [5.74, 6) is -0.0208. The van der Waals surface area contributed by atoms with Crippen molar-refractivity contribution in [3.05, 3.63) is 42.4 Å². The van der Waals surface area contributed by atoms with Crippen LogP contribution in [0.25, 0.3) is 11.3 Å². The summed E-state index contributed by atoms with van der Waals surface area (Å²) in [7, 11) is 0. The number of nitrogens with one attached hydrogen (secondary N) is 1. The molecule has 2 aliphatic rings. The molecule has 2 saturated heterocycles. The quantitative estimate of drug-likeness (QED) is 0.838. The van der Waals surface area contributed by atoms with Gasteiger partial charge in [-0.05, 0) is 18.6 Å². The number of oxazole rings is 1. The van der Waals surface area contributed by atoms with Crippen LogP contribution in [0.1, 0.15) is 23.2 Å². The maximum Gasteiger partial charge on any atom is 0.253 e. The number of amides is 3. The third-order valence-corrected chi connectivity index (χ3v) is 4.72. The molecule has 0 radical (unpaired) electrons. The Kier molecular flexibility index (Phi) is 3.23. The fraction of sp³-hybridized carbons (Fsp3) is 0.294. The summed E-state index contributed by atoms with van der Waals surface area (Å²) in [6.45, 7) is 0.761. The second-order valence-electron chi connectivity index (χ2n) is 6.25. The number of rotatable bonds is 2. The summed E-state index contributed by atoms with van der Waals surface area (Å²) in [6, 6.07) is 7.05. The zero-order valence-electron chi connectivity index (χ0n) is 12.8. The van der Waals surface area contributed by atoms with Crippen molar-refractivity contribution in [2.24, 2.45) is 5.41 Å². The van der Waals surface area contributed by atoms with Gasteiger partial charge in [-0.2, -0.15) is 0 Å². The number of hydrogen-bond acceptors (Lipinski definition) is 5. The monoisotopic (exact) mass is 325 g/mol. The average molecular weight is 325 g/mol. The molecule has 24 heavy (non-hydrogen) atoms. The van der Waals surface area contributed by atoms with Crippen LogP contribution in [0.5, 0.6) is 0 Å². The van der Waals surface area contributed by atoms with E-state index in [-0.39, 0.29) is 30.7 Å². The predicted molar refractivity (Wildman–Crippen MR) is 82.7 cm³/mol. The molecule has 122 valence electrons. The van der Waals surface area contributed by atoms with Crippen molar-refractivity contribution in [1.82, 2.24) is 15.2 Å². The summed E-state index contributed by atoms with van der Waals surface area (Å²) in [4.78, 5) is 41.6. The molecular formula is C17H15N3O4. The second kappa shape index (κ2) is 5.30. The Morgan fingerprint density at radius 1 is 1.25 bits per heavy atom. The molecule has 1 atom stereocenters. The number of aromatic nitrogens is 1. The van der Waals surface area contributed by atoms with Crippen molar-refractivity contribution in [3.63, 3.8) is 0 Å². The van der Waals surface area contributed by atoms with Crippen LogP contribution in [0.3, 0.4) is 0 Å². The largest absolute Gasteiger partial charge is 0.444 e. The minimum absolute atomic E-state index is 0.136. The number of carbonyl (C=O) groups is 3. The molecule has 1 spiro atoms. The third kappa shape index (κ3) is 2.29. The van der Waals surface area contributed by atoms with E-state index in [0.29, 0.717) is 24.3 Å². The fourth-order valence-corrected chi connectivity index (χ4v) is 3.38. The molecule has 7 nitrogen and oxygen atoms in total. The summed E-state index contributed by atoms with van der Waals surface area (Å²) in [5, 5.41) is 2.34. The van der Waals surface area contributed by atoms with E-state index in [1.54, 1.807) is 35.4 Å². The molecule has 7 heteroatoms. The van der Waals surface area contributed by atoms with E-state index in [4.69, 9.17) is 4.42 Å². The van der Waals surface area contributed by atoms with Gasteiger partial charge in [0.05, 0.1) is 11.6 Å². The summed E-state index contributed by atoms with van der Waals surface area (Å²) in [6.07, 6.45) is 3.65. The molecule has 3 heterocycles. The molecule has 2 aliphatic heterocycles. The molecule has 0 aliphatic carbocycles. The van der Waals surface area contributed by atoms with Crippen LogP contribution in [0.15, 0.2) is 41.3 Å². The van der Waals surface area contributed by atoms with Crippen molar-refractivity contribution in [3.8, 4) is 11.3 Å². The second-order valence-corrected chi connectivity index (χ2v) is 6.25. The highest BCUT2D eigenvalue weighted by molar-refractivity contribution is 6.06. The first-order valence-corrected chi connectivity index (χ1v) is 7.70. The molecule has 2 aromatic rings. The van der Waals surface area contributed by atoms with Gasteiger partial charge in [-0.25, -0.2) is 4.98 Å². The Morgan fingerprint density at radius 2 is 2.04 bits per heavy atom. The molecule has 1 unspecified atom stereocenters. The smallest absolute Gasteiger partial charge is 0.253 e. The maximum atomic E-state index is 12.6. The normalized spacial score (nSPS) is 23.1. The van der Waals surface area contributed by atoms with Crippen molar-refractivity contribution in [2.45, 2.75) is 12.8 Å². The zero-order valence-corrected chi connectivity index (χ0v) is 12.8. The predicted octanol–water partition coefficient (Wildman–Crippen LogP) is 1.22. The molecule has 1 aromatic heterocycles. The fourth-order valence-electron chi connectivity index (χ4n) is 3.38. The first kappa shape index (κ1) is 14.6. The van der Waals surface area contributed by atoms with Crippen LogP contribution < -0.4 is 5.32 Å². The number of nitrogens with zero attached hydrogens (tertiary/aromatic N) is 2. The lowest BCUT2D eigenvalue weighted by molar-refractivity contribution is -0.128. The minimum Gasteiger partial charge on any atom is -0.444 e. The van der Waals surface area contributed by atoms with Crippen LogP contribution in [0, 0.1) is 5.41 Å². The van der Waals surface area contributed by atoms with E-state index in [9.17, 15) is 14.4 Å². The molecular weight excluding hydrogens is 310 g/mol. The first-order valence-electron chi connectivity index (χ1n) is 7.70. The molecule has 2 fully saturated rings. The Labute approximate surface area is 137 Å². The van der Waals surface area contributed by atoms with Crippen molar-refractivity contribution in [1.29, 1.82) is 0 Å². The van der Waals surface area contributed by atoms with Crippen molar-refractivity contribution >= 4 is 17.7 Å². The third-order valence-electron chi connectivity index (χ3n) is 4.72. The maximum absolute atomic E-state index is 12.6. The lowest BCUT2D eigenvalue weighted by Gasteiger charge is -2.20. The number of benzene rings is 1. The summed E-state index contributed by atoms with van der Waals surface area (Å²) >= 11 is 0. The standard InChI is InChI=1S/C17H15N3O4/c21-14-7-17(16(23)19-14)5-6-20(9-17)15(22)12-3-1-11(2-4-12)13-8-18-10-24-13/h1-4,8,10H,5-7,9H2,(H,19,21,23). The van der Waals surface area contributed by atoms with E-state index in [2.05, 4.69) is 10.3 Å². The van der Waals surface area contributed by atoms with E-state index >= 15 is 0 Å². The Balaban J connectivity index is 1.51. The lowest BCUT2D eigenvalue weighted by atomic mass is 9.85. The van der Waals surface area contributed by atoms with Gasteiger partial charge in [0, 0.05) is 30.6 Å². The molecule has 0 bridgehead atoms. The molecule has 3 amide bonds. The highest BCUT2D eigenvalue weighted by Crippen LogP contribution is 2.38. The topological polar surface area (TPSA) is 92.5 Å². The van der Waals surface area contributed by atoms with E-state index in [0.717, 1.165) is 5.56 Å². The molecule has 1 N–H and O–H groups in total. The molecule has 4 rings (SSSR count). The van der Waals surface area contributed by atoms with Crippen LogP contribution in [-0.2, 0) is 9.59 Å². The van der Waals surface area contributed by atoms with E-state index in [1.165, 1.54) is 6.39 Å². The van der Waals surface area contributed by atoms with Gasteiger partial charge in [-0.3, -0.25) is 19.7 Å². The van der Waals surface area contributed by atoms with Gasteiger partial charge in [0.25, 0.3) is 5.91 Å². The summed E-state index contributed by atoms with van der Waals surface area (Å²) in [5.41, 5.74) is 0.634. The van der Waals surface area contributed by atoms with Gasteiger partial charge in [-0.1, -0.05) is 12.1 Å². The zero-order chi connectivity index (χ0) is 16.7. The Hall–Kier alpha value is -2.96. The van der Waals surface area contributed by atoms with Crippen LogP contribution >= 0.6 is 0 Å². The molecule has 0 saturated carbocycles. The van der Waals surface area contributed by atoms with Gasteiger partial charge in [0.15, 0.2) is 12.2 Å². The minimum atomic E-state index is -0.744. The van der Waals surface area contributed by atoms with Gasteiger partial charge < -0.3 is 9.32 Å². The SMILES string of the molecule is O=C1CC2(CCN(C(=O)c3ccc(-c4cnco4)cc3)C2)C(=O)N1. The van der Waals surface area contributed by atoms with Gasteiger partial charge in [0.2, 0.25) is 11.8 Å². The van der Waals surface area contributed by atoms with Crippen LogP contribution in [-0.4, -0.2) is 40.7 Å². The first-order chi connectivity index (χ1) is 11.6. The van der Waals surface area contributed by atoms with Crippen LogP contribution in [0.2, 0.25) is 0 Å². The number of likely N-dealkylation sites (tertiary alicyclic amines) is 1. The number of hydrogen-bond donors (Lipinski definition) is 1. The lowest BCUT2D eigenvalue weighted by Crippen LogP contribution is -2.36. The van der Waals surface area contributed by atoms with Crippen LogP contribution in [0.4, 0.5) is 0 Å². The number of carbonyl (C=O) groups excluding carboxylic acids is 3.